The highest BCUT2D eigenvalue weighted by atomic mass is 19.1. The van der Waals surface area contributed by atoms with Gasteiger partial charge >= 0.3 is 0 Å². The average Bonchev–Trinajstić information content (AvgIpc) is 2.04. The maximum atomic E-state index is 13.0. The van der Waals surface area contributed by atoms with Crippen molar-refractivity contribution in [3.05, 3.63) is 0 Å². The molecule has 0 aromatic heterocycles. The first-order chi connectivity index (χ1) is 5.19. The molecule has 0 aromatic carbocycles. The minimum absolute atomic E-state index is 0.347. The van der Waals surface area contributed by atoms with Crippen molar-refractivity contribution in [2.24, 2.45) is 5.41 Å². The number of hydrogen-bond acceptors (Lipinski definition) is 1. The molecule has 0 radical (unpaired) electrons. The summed E-state index contributed by atoms with van der Waals surface area (Å²) in [6.07, 6.45) is 4.28. The van der Waals surface area contributed by atoms with Crippen molar-refractivity contribution < 1.29 is 9.18 Å². The van der Waals surface area contributed by atoms with Gasteiger partial charge in [0.1, 0.15) is 0 Å². The summed E-state index contributed by atoms with van der Waals surface area (Å²) in [5.74, 6) is 0. The zero-order valence-electron chi connectivity index (χ0n) is 6.98. The van der Waals surface area contributed by atoms with Crippen LogP contribution in [0.15, 0.2) is 0 Å². The summed E-state index contributed by atoms with van der Waals surface area (Å²) >= 11 is 0. The minimum atomic E-state index is -1.25. The Hall–Kier alpha value is -0.400. The highest BCUT2D eigenvalue weighted by Crippen LogP contribution is 2.39. The monoisotopic (exact) mass is 158 g/mol. The third-order valence-corrected chi connectivity index (χ3v) is 2.78. The Labute approximate surface area is 67.0 Å². The Bertz CT molecular complexity index is 138. The van der Waals surface area contributed by atoms with Gasteiger partial charge < -0.3 is 4.79 Å². The standard InChI is InChI=1S/C9H15FO/c1-9(8(10)7-11)5-3-2-4-6-9/h7-8H,2-6H2,1H3. The van der Waals surface area contributed by atoms with Crippen molar-refractivity contribution in [1.29, 1.82) is 0 Å². The van der Waals surface area contributed by atoms with E-state index in [1.807, 2.05) is 6.92 Å². The molecule has 64 valence electrons. The normalized spacial score (nSPS) is 26.0. The third kappa shape index (κ3) is 1.79. The molecule has 1 rings (SSSR count). The van der Waals surface area contributed by atoms with Gasteiger partial charge in [0.2, 0.25) is 0 Å². The van der Waals surface area contributed by atoms with Crippen LogP contribution in [-0.4, -0.2) is 12.5 Å². The molecule has 1 unspecified atom stereocenters. The van der Waals surface area contributed by atoms with Crippen LogP contribution in [0.5, 0.6) is 0 Å². The first-order valence-corrected chi connectivity index (χ1v) is 4.28. The van der Waals surface area contributed by atoms with Gasteiger partial charge in [0.25, 0.3) is 0 Å². The molecule has 1 aliphatic rings. The second-order valence-electron chi connectivity index (χ2n) is 3.75. The molecule has 1 fully saturated rings. The van der Waals surface area contributed by atoms with E-state index in [2.05, 4.69) is 0 Å². The smallest absolute Gasteiger partial charge is 0.160 e. The molecule has 1 atom stereocenters. The second-order valence-corrected chi connectivity index (χ2v) is 3.75. The Balaban J connectivity index is 2.55. The van der Waals surface area contributed by atoms with Crippen LogP contribution < -0.4 is 0 Å². The maximum absolute atomic E-state index is 13.0. The summed E-state index contributed by atoms with van der Waals surface area (Å²) in [5.41, 5.74) is -0.347. The van der Waals surface area contributed by atoms with Crippen LogP contribution in [0.3, 0.4) is 0 Å². The number of halogens is 1. The minimum Gasteiger partial charge on any atom is -0.300 e. The van der Waals surface area contributed by atoms with Crippen molar-refractivity contribution in [2.45, 2.75) is 45.2 Å². The van der Waals surface area contributed by atoms with Crippen LogP contribution >= 0.6 is 0 Å². The number of aldehydes is 1. The Morgan fingerprint density at radius 1 is 1.36 bits per heavy atom. The van der Waals surface area contributed by atoms with Gasteiger partial charge in [-0.1, -0.05) is 26.2 Å². The number of rotatable bonds is 2. The van der Waals surface area contributed by atoms with E-state index < -0.39 is 6.17 Å². The number of carbonyl (C=O) groups is 1. The summed E-state index contributed by atoms with van der Waals surface area (Å²) in [5, 5.41) is 0. The van der Waals surface area contributed by atoms with Crippen LogP contribution in [0.25, 0.3) is 0 Å². The molecule has 0 bridgehead atoms. The fourth-order valence-corrected chi connectivity index (χ4v) is 1.80. The molecular weight excluding hydrogens is 143 g/mol. The van der Waals surface area contributed by atoms with E-state index in [9.17, 15) is 9.18 Å². The fraction of sp³-hybridized carbons (Fsp3) is 0.889. The van der Waals surface area contributed by atoms with Gasteiger partial charge in [-0.15, -0.1) is 0 Å². The quantitative estimate of drug-likeness (QED) is 0.564. The fourth-order valence-electron chi connectivity index (χ4n) is 1.80. The summed E-state index contributed by atoms with van der Waals surface area (Å²) in [7, 11) is 0. The van der Waals surface area contributed by atoms with Crippen LogP contribution in [0.4, 0.5) is 4.39 Å². The molecule has 1 aliphatic carbocycles. The largest absolute Gasteiger partial charge is 0.300 e. The van der Waals surface area contributed by atoms with Gasteiger partial charge in [-0.25, -0.2) is 4.39 Å². The molecule has 0 heterocycles. The lowest BCUT2D eigenvalue weighted by molar-refractivity contribution is -0.116. The van der Waals surface area contributed by atoms with Gasteiger partial charge in [0.05, 0.1) is 0 Å². The van der Waals surface area contributed by atoms with Crippen molar-refractivity contribution in [3.63, 3.8) is 0 Å². The lowest BCUT2D eigenvalue weighted by Crippen LogP contribution is -2.32. The molecule has 1 saturated carbocycles. The first kappa shape index (κ1) is 8.69. The molecule has 0 spiro atoms. The summed E-state index contributed by atoms with van der Waals surface area (Å²) in [4.78, 5) is 10.2. The zero-order chi connectivity index (χ0) is 8.32. The van der Waals surface area contributed by atoms with Crippen molar-refractivity contribution in [2.75, 3.05) is 0 Å². The lowest BCUT2D eigenvalue weighted by Gasteiger charge is -2.33. The Morgan fingerprint density at radius 2 is 1.91 bits per heavy atom. The van der Waals surface area contributed by atoms with Crippen molar-refractivity contribution >= 4 is 6.29 Å². The molecule has 11 heavy (non-hydrogen) atoms. The summed E-state index contributed by atoms with van der Waals surface area (Å²) in [6, 6.07) is 0. The maximum Gasteiger partial charge on any atom is 0.160 e. The van der Waals surface area contributed by atoms with Gasteiger partial charge in [-0.3, -0.25) is 0 Å². The zero-order valence-corrected chi connectivity index (χ0v) is 6.98. The van der Waals surface area contributed by atoms with Gasteiger partial charge in [0.15, 0.2) is 12.5 Å². The van der Waals surface area contributed by atoms with Crippen LogP contribution in [0.1, 0.15) is 39.0 Å². The van der Waals surface area contributed by atoms with Gasteiger partial charge in [-0.05, 0) is 12.8 Å². The molecule has 0 saturated heterocycles. The predicted octanol–water partition coefficient (Wildman–Crippen LogP) is 2.49. The summed E-state index contributed by atoms with van der Waals surface area (Å²) in [6.45, 7) is 1.88. The van der Waals surface area contributed by atoms with Gasteiger partial charge in [0, 0.05) is 5.41 Å². The van der Waals surface area contributed by atoms with Crippen LogP contribution in [-0.2, 0) is 4.79 Å². The highest BCUT2D eigenvalue weighted by Gasteiger charge is 2.35. The Kier molecular flexibility index (Phi) is 2.63. The molecule has 2 heteroatoms. The van der Waals surface area contributed by atoms with E-state index in [0.717, 1.165) is 25.7 Å². The van der Waals surface area contributed by atoms with Crippen molar-refractivity contribution in [3.8, 4) is 0 Å². The van der Waals surface area contributed by atoms with Crippen LogP contribution in [0, 0.1) is 5.41 Å². The van der Waals surface area contributed by atoms with Crippen molar-refractivity contribution in [1.82, 2.24) is 0 Å². The SMILES string of the molecule is CC1(C(F)C=O)CCCCC1. The Morgan fingerprint density at radius 3 is 2.36 bits per heavy atom. The number of alkyl halides is 1. The third-order valence-electron chi connectivity index (χ3n) is 2.78. The topological polar surface area (TPSA) is 17.1 Å². The molecule has 0 N–H and O–H groups in total. The summed E-state index contributed by atoms with van der Waals surface area (Å²) < 4.78 is 13.0. The molecular formula is C9H15FO. The van der Waals surface area contributed by atoms with Gasteiger partial charge in [-0.2, -0.15) is 0 Å². The number of carbonyl (C=O) groups excluding carboxylic acids is 1. The van der Waals surface area contributed by atoms with E-state index in [0.29, 0.717) is 6.29 Å². The van der Waals surface area contributed by atoms with E-state index in [1.165, 1.54) is 6.42 Å². The highest BCUT2D eigenvalue weighted by molar-refractivity contribution is 5.57. The van der Waals surface area contributed by atoms with Crippen LogP contribution in [0.2, 0.25) is 0 Å². The molecule has 1 nitrogen and oxygen atoms in total. The number of hydrogen-bond donors (Lipinski definition) is 0. The lowest BCUT2D eigenvalue weighted by atomic mass is 9.73. The van der Waals surface area contributed by atoms with E-state index >= 15 is 0 Å². The average molecular weight is 158 g/mol. The molecule has 0 amide bonds. The first-order valence-electron chi connectivity index (χ1n) is 4.28. The predicted molar refractivity (Wildman–Crippen MR) is 42.2 cm³/mol. The molecule has 0 aromatic rings. The van der Waals surface area contributed by atoms with E-state index in [1.54, 1.807) is 0 Å². The van der Waals surface area contributed by atoms with E-state index in [-0.39, 0.29) is 5.41 Å². The van der Waals surface area contributed by atoms with E-state index in [4.69, 9.17) is 0 Å². The molecule has 0 aliphatic heterocycles. The second kappa shape index (κ2) is 3.33.